The van der Waals surface area contributed by atoms with Crippen LogP contribution in [0.3, 0.4) is 0 Å². The number of esters is 1. The molecule has 31 heavy (non-hydrogen) atoms. The molecule has 0 saturated heterocycles. The largest absolute Gasteiger partial charge is 0.467 e. The van der Waals surface area contributed by atoms with E-state index in [1.807, 2.05) is 36.6 Å². The maximum Gasteiger partial charge on any atom is 0.328 e. The number of hydrogen-bond donors (Lipinski definition) is 1. The summed E-state index contributed by atoms with van der Waals surface area (Å²) in [4.78, 5) is 42.1. The molecule has 1 N–H and O–H groups in total. The third kappa shape index (κ3) is 5.59. The van der Waals surface area contributed by atoms with Crippen LogP contribution in [0, 0.1) is 0 Å². The maximum absolute atomic E-state index is 13.1. The quantitative estimate of drug-likeness (QED) is 0.388. The lowest BCUT2D eigenvalue weighted by atomic mass is 9.95. The zero-order valence-corrected chi connectivity index (χ0v) is 18.8. The van der Waals surface area contributed by atoms with Gasteiger partial charge in [-0.25, -0.2) is 9.78 Å². The summed E-state index contributed by atoms with van der Waals surface area (Å²) < 4.78 is 4.84. The van der Waals surface area contributed by atoms with Crippen LogP contribution >= 0.6 is 23.1 Å². The highest BCUT2D eigenvalue weighted by molar-refractivity contribution is 7.98. The highest BCUT2D eigenvalue weighted by Crippen LogP contribution is 2.27. The lowest BCUT2D eigenvalue weighted by molar-refractivity contribution is -0.142. The predicted molar refractivity (Wildman–Crippen MR) is 124 cm³/mol. The van der Waals surface area contributed by atoms with E-state index in [1.54, 1.807) is 41.5 Å². The molecule has 0 saturated carbocycles. The van der Waals surface area contributed by atoms with Crippen molar-refractivity contribution >= 4 is 40.8 Å². The Morgan fingerprint density at radius 1 is 1.16 bits per heavy atom. The first-order chi connectivity index (χ1) is 15.0. The van der Waals surface area contributed by atoms with Crippen molar-refractivity contribution in [1.29, 1.82) is 0 Å². The van der Waals surface area contributed by atoms with E-state index in [0.29, 0.717) is 33.9 Å². The number of rotatable bonds is 9. The number of benzene rings is 2. The van der Waals surface area contributed by atoms with Crippen molar-refractivity contribution in [3.05, 3.63) is 76.2 Å². The van der Waals surface area contributed by atoms with Crippen molar-refractivity contribution in [1.82, 2.24) is 10.3 Å². The van der Waals surface area contributed by atoms with Gasteiger partial charge in [0.05, 0.1) is 7.11 Å². The number of thiazole rings is 1. The second-order valence-electron chi connectivity index (χ2n) is 6.62. The topological polar surface area (TPSA) is 85.4 Å². The molecule has 3 rings (SSSR count). The molecule has 1 amide bonds. The number of methoxy groups -OCH3 is 1. The fourth-order valence-corrected chi connectivity index (χ4v) is 4.13. The molecule has 0 aliphatic heterocycles. The van der Waals surface area contributed by atoms with Crippen LogP contribution in [0.15, 0.2) is 60.1 Å². The van der Waals surface area contributed by atoms with Gasteiger partial charge in [0.2, 0.25) is 5.78 Å². The number of carbonyl (C=O) groups excluding carboxylic acids is 3. The molecule has 160 valence electrons. The van der Waals surface area contributed by atoms with Gasteiger partial charge < -0.3 is 10.1 Å². The lowest BCUT2D eigenvalue weighted by Crippen LogP contribution is -2.42. The molecular formula is C23H22N2O4S2. The molecule has 0 aliphatic carbocycles. The smallest absolute Gasteiger partial charge is 0.328 e. The normalized spacial score (nSPS) is 11.5. The summed E-state index contributed by atoms with van der Waals surface area (Å²) >= 11 is 2.85. The Morgan fingerprint density at radius 3 is 2.58 bits per heavy atom. The number of aromatic nitrogens is 1. The monoisotopic (exact) mass is 454 g/mol. The highest BCUT2D eigenvalue weighted by Gasteiger charge is 2.24. The number of nitrogens with zero attached hydrogens (tertiary/aromatic N) is 1. The van der Waals surface area contributed by atoms with Gasteiger partial charge in [-0.1, -0.05) is 36.4 Å². The van der Waals surface area contributed by atoms with Crippen molar-refractivity contribution in [2.75, 3.05) is 19.1 Å². The Morgan fingerprint density at radius 2 is 1.94 bits per heavy atom. The van der Waals surface area contributed by atoms with Crippen LogP contribution in [0.1, 0.15) is 32.1 Å². The molecule has 6 nitrogen and oxygen atoms in total. The van der Waals surface area contributed by atoms with E-state index in [4.69, 9.17) is 4.74 Å². The van der Waals surface area contributed by atoms with Crippen LogP contribution in [0.5, 0.6) is 0 Å². The number of hydrogen-bond acceptors (Lipinski definition) is 7. The third-order valence-corrected chi connectivity index (χ3v) is 6.06. The second kappa shape index (κ2) is 10.9. The molecule has 8 heteroatoms. The Bertz CT molecular complexity index is 1050. The number of nitrogens with one attached hydrogen (secondary N) is 1. The molecular weight excluding hydrogens is 432 g/mol. The van der Waals surface area contributed by atoms with Crippen LogP contribution in [0.2, 0.25) is 0 Å². The van der Waals surface area contributed by atoms with Crippen LogP contribution in [-0.2, 0) is 9.53 Å². The van der Waals surface area contributed by atoms with Gasteiger partial charge in [0, 0.05) is 22.7 Å². The molecule has 3 aromatic rings. The molecule has 0 unspecified atom stereocenters. The number of ketones is 1. The standard InChI is InChI=1S/C23H22N2O4S2/c1-29-23(28)19(10-12-30-2)25-21(27)17-9-8-16(20(26)22-24-11-13-31-22)14-18(17)15-6-4-3-5-7-15/h3-9,11,13-14,19H,10,12H2,1-2H3,(H,25,27)/t19-/m0/s1. The number of carbonyl (C=O) groups is 3. The van der Waals surface area contributed by atoms with Crippen molar-refractivity contribution in [2.45, 2.75) is 12.5 Å². The predicted octanol–water partition coefficient (Wildman–Crippen LogP) is 4.07. The summed E-state index contributed by atoms with van der Waals surface area (Å²) in [6.45, 7) is 0. The Kier molecular flexibility index (Phi) is 7.97. The Labute approximate surface area is 189 Å². The molecule has 1 heterocycles. The highest BCUT2D eigenvalue weighted by atomic mass is 32.2. The average Bonchev–Trinajstić information content (AvgIpc) is 3.35. The van der Waals surface area contributed by atoms with Gasteiger partial charge in [-0.2, -0.15) is 11.8 Å². The minimum absolute atomic E-state index is 0.202. The summed E-state index contributed by atoms with van der Waals surface area (Å²) in [6, 6.07) is 13.5. The zero-order chi connectivity index (χ0) is 22.2. The van der Waals surface area contributed by atoms with E-state index in [9.17, 15) is 14.4 Å². The summed E-state index contributed by atoms with van der Waals surface area (Å²) in [5.41, 5.74) is 2.21. The van der Waals surface area contributed by atoms with Gasteiger partial charge in [-0.05, 0) is 41.7 Å². The number of amides is 1. The lowest BCUT2D eigenvalue weighted by Gasteiger charge is -2.18. The Balaban J connectivity index is 1.97. The van der Waals surface area contributed by atoms with E-state index in [0.717, 1.165) is 5.56 Å². The summed E-state index contributed by atoms with van der Waals surface area (Å²) in [5, 5.41) is 4.92. The van der Waals surface area contributed by atoms with Gasteiger partial charge in [0.25, 0.3) is 5.91 Å². The molecule has 0 radical (unpaired) electrons. The van der Waals surface area contributed by atoms with Gasteiger partial charge in [0.15, 0.2) is 5.01 Å². The van der Waals surface area contributed by atoms with Gasteiger partial charge in [0.1, 0.15) is 6.04 Å². The molecule has 0 fully saturated rings. The summed E-state index contributed by atoms with van der Waals surface area (Å²) in [6.07, 6.45) is 3.97. The van der Waals surface area contributed by atoms with Gasteiger partial charge in [-0.3, -0.25) is 9.59 Å². The average molecular weight is 455 g/mol. The van der Waals surface area contributed by atoms with Crippen LogP contribution < -0.4 is 5.32 Å². The van der Waals surface area contributed by atoms with Crippen LogP contribution in [0.4, 0.5) is 0 Å². The minimum Gasteiger partial charge on any atom is -0.467 e. The van der Waals surface area contributed by atoms with E-state index in [-0.39, 0.29) is 5.78 Å². The van der Waals surface area contributed by atoms with Crippen LogP contribution in [0.25, 0.3) is 11.1 Å². The fourth-order valence-electron chi connectivity index (χ4n) is 3.06. The van der Waals surface area contributed by atoms with E-state index >= 15 is 0 Å². The SMILES string of the molecule is COC(=O)[C@H](CCSC)NC(=O)c1ccc(C(=O)c2nccs2)cc1-c1ccccc1. The van der Waals surface area contributed by atoms with Gasteiger partial charge in [-0.15, -0.1) is 11.3 Å². The summed E-state index contributed by atoms with van der Waals surface area (Å²) in [7, 11) is 1.30. The molecule has 0 bridgehead atoms. The van der Waals surface area contributed by atoms with Crippen LogP contribution in [-0.4, -0.2) is 47.8 Å². The van der Waals surface area contributed by atoms with Crippen molar-refractivity contribution < 1.29 is 19.1 Å². The molecule has 2 aromatic carbocycles. The first-order valence-electron chi connectivity index (χ1n) is 9.56. The minimum atomic E-state index is -0.745. The molecule has 1 aromatic heterocycles. The zero-order valence-electron chi connectivity index (χ0n) is 17.2. The van der Waals surface area contributed by atoms with E-state index < -0.39 is 17.9 Å². The van der Waals surface area contributed by atoms with Crippen molar-refractivity contribution in [3.63, 3.8) is 0 Å². The maximum atomic E-state index is 13.1. The number of ether oxygens (including phenoxy) is 1. The first-order valence-corrected chi connectivity index (χ1v) is 11.8. The number of thioether (sulfide) groups is 1. The summed E-state index contributed by atoms with van der Waals surface area (Å²) in [5.74, 6) is -0.387. The van der Waals surface area contributed by atoms with Crippen molar-refractivity contribution in [3.8, 4) is 11.1 Å². The Hall–Kier alpha value is -2.97. The molecule has 0 spiro atoms. The van der Waals surface area contributed by atoms with E-state index in [2.05, 4.69) is 10.3 Å². The van der Waals surface area contributed by atoms with E-state index in [1.165, 1.54) is 18.4 Å². The molecule has 1 atom stereocenters. The van der Waals surface area contributed by atoms with Crippen molar-refractivity contribution in [2.24, 2.45) is 0 Å². The first kappa shape index (κ1) is 22.7. The third-order valence-electron chi connectivity index (χ3n) is 4.64. The second-order valence-corrected chi connectivity index (χ2v) is 8.50. The molecule has 0 aliphatic rings. The van der Waals surface area contributed by atoms with Gasteiger partial charge >= 0.3 is 5.97 Å². The fraction of sp³-hybridized carbons (Fsp3) is 0.217.